The van der Waals surface area contributed by atoms with E-state index in [1.807, 2.05) is 14.0 Å². The van der Waals surface area contributed by atoms with E-state index in [0.717, 1.165) is 30.3 Å². The van der Waals surface area contributed by atoms with Gasteiger partial charge in [-0.2, -0.15) is 0 Å². The van der Waals surface area contributed by atoms with E-state index in [-0.39, 0.29) is 24.0 Å². The Hall–Kier alpha value is -1.02. The highest BCUT2D eigenvalue weighted by Gasteiger charge is 2.36. The second-order valence-corrected chi connectivity index (χ2v) is 7.68. The minimum atomic E-state index is 0. The van der Waals surface area contributed by atoms with Crippen LogP contribution in [0.15, 0.2) is 23.2 Å². The van der Waals surface area contributed by atoms with Crippen molar-refractivity contribution in [2.45, 2.75) is 70.6 Å². The van der Waals surface area contributed by atoms with Gasteiger partial charge < -0.3 is 20.3 Å². The highest BCUT2D eigenvalue weighted by molar-refractivity contribution is 14.0. The van der Waals surface area contributed by atoms with Gasteiger partial charge in [-0.05, 0) is 63.8 Å². The lowest BCUT2D eigenvalue weighted by Crippen LogP contribution is -2.56. The average Bonchev–Trinajstić information content (AvgIpc) is 2.61. The van der Waals surface area contributed by atoms with Gasteiger partial charge in [-0.1, -0.05) is 18.6 Å². The van der Waals surface area contributed by atoms with E-state index in [2.05, 4.69) is 52.7 Å². The van der Waals surface area contributed by atoms with Gasteiger partial charge in [-0.3, -0.25) is 4.99 Å². The maximum Gasteiger partial charge on any atom is 0.191 e. The minimum Gasteiger partial charge on any atom is -0.494 e. The third-order valence-corrected chi connectivity index (χ3v) is 5.90. The number of rotatable bonds is 5. The Morgan fingerprint density at radius 2 is 1.96 bits per heavy atom. The number of hydrogen-bond acceptors (Lipinski definition) is 3. The van der Waals surface area contributed by atoms with Crippen LogP contribution in [-0.2, 0) is 6.54 Å². The van der Waals surface area contributed by atoms with Crippen molar-refractivity contribution in [1.82, 2.24) is 15.5 Å². The first-order valence-electron chi connectivity index (χ1n) is 10.0. The van der Waals surface area contributed by atoms with Crippen molar-refractivity contribution in [3.63, 3.8) is 0 Å². The van der Waals surface area contributed by atoms with Crippen LogP contribution in [0, 0.1) is 6.92 Å². The van der Waals surface area contributed by atoms with Crippen LogP contribution in [0.3, 0.4) is 0 Å². The summed E-state index contributed by atoms with van der Waals surface area (Å²) in [4.78, 5) is 7.03. The summed E-state index contributed by atoms with van der Waals surface area (Å²) in [5.41, 5.74) is 2.42. The number of nitrogens with zero attached hydrogens (tertiary/aromatic N) is 2. The molecule has 0 saturated carbocycles. The molecule has 0 aromatic heterocycles. The van der Waals surface area contributed by atoms with Crippen molar-refractivity contribution in [2.75, 3.05) is 20.7 Å². The largest absolute Gasteiger partial charge is 0.494 e. The molecule has 3 rings (SSSR count). The Morgan fingerprint density at radius 3 is 2.56 bits per heavy atom. The summed E-state index contributed by atoms with van der Waals surface area (Å²) in [5, 5.41) is 7.13. The number of guanidine groups is 1. The third-order valence-electron chi connectivity index (χ3n) is 5.90. The summed E-state index contributed by atoms with van der Waals surface area (Å²) in [6.07, 6.45) is 6.49. The normalized spacial score (nSPS) is 25.5. The van der Waals surface area contributed by atoms with Gasteiger partial charge in [0.05, 0.1) is 6.61 Å². The molecule has 2 aliphatic heterocycles. The molecule has 2 N–H and O–H groups in total. The van der Waals surface area contributed by atoms with Crippen LogP contribution in [0.4, 0.5) is 0 Å². The zero-order chi connectivity index (χ0) is 18.5. The topological polar surface area (TPSA) is 48.9 Å². The van der Waals surface area contributed by atoms with Crippen LogP contribution < -0.4 is 15.4 Å². The molecule has 2 unspecified atom stereocenters. The fourth-order valence-corrected chi connectivity index (χ4v) is 4.45. The van der Waals surface area contributed by atoms with E-state index in [9.17, 15) is 0 Å². The number of benzene rings is 1. The lowest BCUT2D eigenvalue weighted by Gasteiger charge is -2.47. The van der Waals surface area contributed by atoms with Crippen molar-refractivity contribution in [1.29, 1.82) is 0 Å². The average molecular weight is 486 g/mol. The zero-order valence-corrected chi connectivity index (χ0v) is 19.5. The van der Waals surface area contributed by atoms with Crippen molar-refractivity contribution >= 4 is 29.9 Å². The number of hydrogen-bond donors (Lipinski definition) is 2. The molecule has 2 atom stereocenters. The molecule has 0 amide bonds. The molecule has 2 heterocycles. The molecule has 5 nitrogen and oxygen atoms in total. The number of nitrogens with one attached hydrogen (secondary N) is 2. The first kappa shape index (κ1) is 22.3. The van der Waals surface area contributed by atoms with Gasteiger partial charge in [0.1, 0.15) is 5.75 Å². The van der Waals surface area contributed by atoms with Crippen molar-refractivity contribution < 1.29 is 4.74 Å². The molecule has 2 fully saturated rings. The number of piperidine rings is 2. The quantitative estimate of drug-likeness (QED) is 0.379. The first-order valence-corrected chi connectivity index (χ1v) is 10.0. The summed E-state index contributed by atoms with van der Waals surface area (Å²) in [6, 6.07) is 8.35. The van der Waals surface area contributed by atoms with Crippen LogP contribution in [0.25, 0.3) is 0 Å². The van der Waals surface area contributed by atoms with E-state index < -0.39 is 0 Å². The van der Waals surface area contributed by atoms with Gasteiger partial charge in [0, 0.05) is 31.7 Å². The molecule has 0 spiro atoms. The Labute approximate surface area is 181 Å². The van der Waals surface area contributed by atoms with Crippen LogP contribution in [0.2, 0.25) is 0 Å². The molecule has 1 aromatic rings. The number of halogens is 1. The molecule has 152 valence electrons. The monoisotopic (exact) mass is 486 g/mol. The highest BCUT2D eigenvalue weighted by atomic mass is 127. The van der Waals surface area contributed by atoms with Crippen LogP contribution in [-0.4, -0.2) is 49.7 Å². The molecule has 2 aliphatic rings. The molecular formula is C21H35IN4O. The van der Waals surface area contributed by atoms with Gasteiger partial charge in [0.2, 0.25) is 0 Å². The number of fused-ring (bicyclic) bond motifs is 2. The van der Waals surface area contributed by atoms with E-state index in [4.69, 9.17) is 4.74 Å². The minimum absolute atomic E-state index is 0. The van der Waals surface area contributed by atoms with Gasteiger partial charge in [-0.25, -0.2) is 0 Å². The molecule has 27 heavy (non-hydrogen) atoms. The highest BCUT2D eigenvalue weighted by Crippen LogP contribution is 2.32. The van der Waals surface area contributed by atoms with E-state index in [1.54, 1.807) is 0 Å². The van der Waals surface area contributed by atoms with Crippen molar-refractivity contribution in [2.24, 2.45) is 4.99 Å². The Balaban J connectivity index is 0.00000261. The predicted molar refractivity (Wildman–Crippen MR) is 123 cm³/mol. The smallest absolute Gasteiger partial charge is 0.191 e. The van der Waals surface area contributed by atoms with Gasteiger partial charge in [0.15, 0.2) is 5.96 Å². The summed E-state index contributed by atoms with van der Waals surface area (Å²) in [6.45, 7) is 5.58. The molecule has 1 aromatic carbocycles. The van der Waals surface area contributed by atoms with Crippen LogP contribution in [0.1, 0.15) is 50.2 Å². The molecule has 0 radical (unpaired) electrons. The van der Waals surface area contributed by atoms with Crippen LogP contribution in [0.5, 0.6) is 5.75 Å². The lowest BCUT2D eigenvalue weighted by molar-refractivity contribution is 0.0526. The maximum atomic E-state index is 5.62. The maximum absolute atomic E-state index is 5.62. The zero-order valence-electron chi connectivity index (χ0n) is 17.1. The first-order chi connectivity index (χ1) is 12.6. The molecule has 2 saturated heterocycles. The van der Waals surface area contributed by atoms with E-state index in [0.29, 0.717) is 12.6 Å². The third kappa shape index (κ3) is 5.73. The SMILES string of the molecule is CCOc1ccc(CNC(=NC)NC2CC3CCCC(C2)N3C)cc1C.I. The van der Waals surface area contributed by atoms with Crippen LogP contribution >= 0.6 is 24.0 Å². The second kappa shape index (κ2) is 10.5. The van der Waals surface area contributed by atoms with Crippen molar-refractivity contribution in [3.8, 4) is 5.75 Å². The Morgan fingerprint density at radius 1 is 1.26 bits per heavy atom. The van der Waals surface area contributed by atoms with Gasteiger partial charge in [0.25, 0.3) is 0 Å². The Bertz CT molecular complexity index is 623. The summed E-state index contributed by atoms with van der Waals surface area (Å²) < 4.78 is 5.62. The molecule has 0 aliphatic carbocycles. The summed E-state index contributed by atoms with van der Waals surface area (Å²) in [5.74, 6) is 1.88. The number of aryl methyl sites for hydroxylation is 1. The predicted octanol–water partition coefficient (Wildman–Crippen LogP) is 3.69. The summed E-state index contributed by atoms with van der Waals surface area (Å²) in [7, 11) is 4.15. The van der Waals surface area contributed by atoms with Crippen molar-refractivity contribution in [3.05, 3.63) is 29.3 Å². The summed E-state index contributed by atoms with van der Waals surface area (Å²) >= 11 is 0. The lowest BCUT2D eigenvalue weighted by atomic mass is 9.82. The van der Waals surface area contributed by atoms with E-state index in [1.165, 1.54) is 43.2 Å². The van der Waals surface area contributed by atoms with Gasteiger partial charge in [-0.15, -0.1) is 24.0 Å². The molecule has 6 heteroatoms. The molecular weight excluding hydrogens is 451 g/mol. The van der Waals surface area contributed by atoms with Gasteiger partial charge >= 0.3 is 0 Å². The fourth-order valence-electron chi connectivity index (χ4n) is 4.45. The van der Waals surface area contributed by atoms with E-state index >= 15 is 0 Å². The number of ether oxygens (including phenoxy) is 1. The Kier molecular flexibility index (Phi) is 8.66. The number of aliphatic imine (C=N–C) groups is 1. The fraction of sp³-hybridized carbons (Fsp3) is 0.667. The molecule has 2 bridgehead atoms. The standard InChI is InChI=1S/C21H34N4O.HI/c1-5-26-20-10-9-16(11-15(20)2)14-23-21(22-3)24-17-12-18-7-6-8-19(13-17)25(18)4;/h9-11,17-19H,5-8,12-14H2,1-4H3,(H2,22,23,24);1H. The second-order valence-electron chi connectivity index (χ2n) is 7.68.